The molecule has 2 aromatic rings. The second-order valence-electron chi connectivity index (χ2n) is 10.7. The summed E-state index contributed by atoms with van der Waals surface area (Å²) in [5, 5.41) is 5.18. The monoisotopic (exact) mass is 542 g/mol. The van der Waals surface area contributed by atoms with Gasteiger partial charge in [0, 0.05) is 20.0 Å². The van der Waals surface area contributed by atoms with E-state index in [1.54, 1.807) is 16.2 Å². The summed E-state index contributed by atoms with van der Waals surface area (Å²) >= 11 is 0. The molecule has 1 atom stereocenters. The first-order valence-electron chi connectivity index (χ1n) is 14.9. The third-order valence-corrected chi connectivity index (χ3v) is 7.58. The summed E-state index contributed by atoms with van der Waals surface area (Å²) < 4.78 is 8.28. The molecular formula is C30H46N4O5. The number of para-hydroxylation sites is 1. The van der Waals surface area contributed by atoms with Crippen LogP contribution >= 0.6 is 0 Å². The molecule has 39 heavy (non-hydrogen) atoms. The molecule has 3 amide bonds. The Morgan fingerprint density at radius 1 is 0.974 bits per heavy atom. The van der Waals surface area contributed by atoms with E-state index in [-0.39, 0.29) is 24.1 Å². The Balaban J connectivity index is 1.31. The van der Waals surface area contributed by atoms with Gasteiger partial charge in [-0.1, -0.05) is 76.8 Å². The van der Waals surface area contributed by atoms with Crippen molar-refractivity contribution in [2.75, 3.05) is 13.2 Å². The van der Waals surface area contributed by atoms with E-state index in [1.165, 1.54) is 38.5 Å². The number of fused-ring (bicyclic) bond motifs is 1. The fourth-order valence-corrected chi connectivity index (χ4v) is 5.36. The van der Waals surface area contributed by atoms with Crippen LogP contribution in [-0.2, 0) is 27.8 Å². The van der Waals surface area contributed by atoms with Crippen molar-refractivity contribution in [3.05, 3.63) is 34.2 Å². The molecule has 1 fully saturated rings. The van der Waals surface area contributed by atoms with Crippen LogP contribution in [0.15, 0.2) is 23.0 Å². The minimum atomic E-state index is -0.648. The number of rotatable bonds is 17. The zero-order valence-electron chi connectivity index (χ0n) is 23.8. The second-order valence-corrected chi connectivity index (χ2v) is 10.7. The molecule has 1 unspecified atom stereocenters. The minimum absolute atomic E-state index is 0.215. The quantitative estimate of drug-likeness (QED) is 0.208. The molecule has 0 bridgehead atoms. The number of nitrogens with zero attached hydrogens (tertiary/aromatic N) is 2. The number of hydrogen-bond donors (Lipinski definition) is 2. The molecule has 0 radical (unpaired) electrons. The number of aromatic nitrogens is 2. The van der Waals surface area contributed by atoms with Gasteiger partial charge in [-0.25, -0.2) is 9.59 Å². The lowest BCUT2D eigenvalue weighted by Gasteiger charge is -2.21. The molecule has 1 aromatic heterocycles. The minimum Gasteiger partial charge on any atom is -0.450 e. The largest absolute Gasteiger partial charge is 0.450 e. The summed E-state index contributed by atoms with van der Waals surface area (Å²) in [6.07, 6.45) is 14.9. The smallest absolute Gasteiger partial charge is 0.407 e. The molecule has 9 heteroatoms. The number of benzene rings is 1. The Bertz CT molecular complexity index is 1150. The molecule has 0 spiro atoms. The van der Waals surface area contributed by atoms with E-state index in [9.17, 15) is 19.2 Å². The number of nitrogens with one attached hydrogen (secondary N) is 2. The maximum atomic E-state index is 13.1. The van der Waals surface area contributed by atoms with Crippen LogP contribution in [0, 0.1) is 0 Å². The van der Waals surface area contributed by atoms with Gasteiger partial charge in [0.25, 0.3) is 0 Å². The van der Waals surface area contributed by atoms with Gasteiger partial charge < -0.3 is 10.1 Å². The third-order valence-electron chi connectivity index (χ3n) is 7.58. The van der Waals surface area contributed by atoms with Crippen molar-refractivity contribution in [1.82, 2.24) is 19.8 Å². The van der Waals surface area contributed by atoms with Gasteiger partial charge in [-0.3, -0.25) is 24.0 Å². The summed E-state index contributed by atoms with van der Waals surface area (Å²) in [6, 6.07) is 5.27. The first-order valence-corrected chi connectivity index (χ1v) is 14.9. The van der Waals surface area contributed by atoms with Gasteiger partial charge in [-0.05, 0) is 43.7 Å². The van der Waals surface area contributed by atoms with E-state index in [0.29, 0.717) is 19.6 Å². The van der Waals surface area contributed by atoms with Crippen molar-refractivity contribution in [3.63, 3.8) is 0 Å². The van der Waals surface area contributed by atoms with E-state index >= 15 is 0 Å². The average Bonchev–Trinajstić information content (AvgIpc) is 3.17. The SMILES string of the molecule is CCCCOC(=O)NCCCCCCCCCCCCc1cccc2c1n(C)c(=O)n2C1CCC(=O)NC1=O. The number of amides is 3. The second kappa shape index (κ2) is 16.1. The van der Waals surface area contributed by atoms with Crippen LogP contribution in [0.4, 0.5) is 4.79 Å². The van der Waals surface area contributed by atoms with Gasteiger partial charge in [0.15, 0.2) is 0 Å². The van der Waals surface area contributed by atoms with Gasteiger partial charge in [0.2, 0.25) is 11.8 Å². The molecule has 1 aromatic carbocycles. The average molecular weight is 543 g/mol. The predicted octanol–water partition coefficient (Wildman–Crippen LogP) is 5.29. The van der Waals surface area contributed by atoms with Crippen molar-refractivity contribution in [2.24, 2.45) is 7.05 Å². The van der Waals surface area contributed by atoms with Crippen molar-refractivity contribution < 1.29 is 19.1 Å². The molecule has 1 aliphatic rings. The van der Waals surface area contributed by atoms with E-state index < -0.39 is 11.9 Å². The fraction of sp³-hybridized carbons (Fsp3) is 0.667. The van der Waals surface area contributed by atoms with Crippen LogP contribution in [0.2, 0.25) is 0 Å². The number of imide groups is 1. The van der Waals surface area contributed by atoms with E-state index in [4.69, 9.17) is 4.74 Å². The number of aryl methyl sites for hydroxylation is 2. The Morgan fingerprint density at radius 2 is 1.64 bits per heavy atom. The maximum Gasteiger partial charge on any atom is 0.407 e. The lowest BCUT2D eigenvalue weighted by atomic mass is 10.0. The summed E-state index contributed by atoms with van der Waals surface area (Å²) in [5.74, 6) is -0.681. The number of ether oxygens (including phenoxy) is 1. The van der Waals surface area contributed by atoms with E-state index in [0.717, 1.165) is 61.5 Å². The molecule has 1 aliphatic heterocycles. The van der Waals surface area contributed by atoms with Gasteiger partial charge in [0.05, 0.1) is 17.6 Å². The summed E-state index contributed by atoms with van der Waals surface area (Å²) in [7, 11) is 1.76. The molecule has 3 rings (SSSR count). The van der Waals surface area contributed by atoms with Gasteiger partial charge in [0.1, 0.15) is 6.04 Å². The van der Waals surface area contributed by atoms with Crippen molar-refractivity contribution >= 4 is 28.9 Å². The summed E-state index contributed by atoms with van der Waals surface area (Å²) in [4.78, 5) is 48.5. The molecule has 216 valence electrons. The molecule has 0 saturated carbocycles. The summed E-state index contributed by atoms with van der Waals surface area (Å²) in [5.41, 5.74) is 2.56. The van der Waals surface area contributed by atoms with E-state index in [1.807, 2.05) is 12.1 Å². The molecular weight excluding hydrogens is 496 g/mol. The van der Waals surface area contributed by atoms with Crippen molar-refractivity contribution in [3.8, 4) is 0 Å². The highest BCUT2D eigenvalue weighted by molar-refractivity contribution is 6.00. The zero-order chi connectivity index (χ0) is 28.0. The highest BCUT2D eigenvalue weighted by atomic mass is 16.5. The summed E-state index contributed by atoms with van der Waals surface area (Å²) in [6.45, 7) is 3.26. The first kappa shape index (κ1) is 30.4. The molecule has 9 nitrogen and oxygen atoms in total. The standard InChI is InChI=1S/C30H46N4O5/c1-3-4-22-39-29(37)31-21-14-12-10-8-6-5-7-9-11-13-16-23-17-15-18-24-27(23)33(2)30(38)34(24)25-19-20-26(35)32-28(25)36/h15,17-18,25H,3-14,16,19-22H2,1-2H3,(H,31,37)(H,32,35,36). The maximum absolute atomic E-state index is 13.1. The zero-order valence-corrected chi connectivity index (χ0v) is 23.8. The lowest BCUT2D eigenvalue weighted by Crippen LogP contribution is -2.44. The molecule has 2 N–H and O–H groups in total. The Kier molecular flexibility index (Phi) is 12.6. The van der Waals surface area contributed by atoms with Crippen molar-refractivity contribution in [1.29, 1.82) is 0 Å². The van der Waals surface area contributed by atoms with Crippen LogP contribution in [-0.4, -0.2) is 40.2 Å². The molecule has 1 saturated heterocycles. The van der Waals surface area contributed by atoms with Gasteiger partial charge in [-0.15, -0.1) is 0 Å². The Labute approximate surface area is 231 Å². The van der Waals surface area contributed by atoms with Gasteiger partial charge in [-0.2, -0.15) is 0 Å². The highest BCUT2D eigenvalue weighted by Gasteiger charge is 2.31. The van der Waals surface area contributed by atoms with Crippen LogP contribution in [0.1, 0.15) is 108 Å². The number of carbonyl (C=O) groups is 3. The predicted molar refractivity (Wildman–Crippen MR) is 153 cm³/mol. The topological polar surface area (TPSA) is 111 Å². The lowest BCUT2D eigenvalue weighted by molar-refractivity contribution is -0.135. The van der Waals surface area contributed by atoms with Gasteiger partial charge >= 0.3 is 11.8 Å². The normalized spacial score (nSPS) is 15.5. The van der Waals surface area contributed by atoms with Crippen LogP contribution in [0.3, 0.4) is 0 Å². The molecule has 0 aliphatic carbocycles. The Hall–Kier alpha value is -3.10. The van der Waals surface area contributed by atoms with E-state index in [2.05, 4.69) is 23.6 Å². The van der Waals surface area contributed by atoms with Crippen LogP contribution < -0.4 is 16.3 Å². The number of imidazole rings is 1. The fourth-order valence-electron chi connectivity index (χ4n) is 5.36. The van der Waals surface area contributed by atoms with Crippen LogP contribution in [0.25, 0.3) is 11.0 Å². The molecule has 2 heterocycles. The number of hydrogen-bond acceptors (Lipinski definition) is 5. The first-order chi connectivity index (χ1) is 18.9. The number of unbranched alkanes of at least 4 members (excludes halogenated alkanes) is 10. The number of alkyl carbamates (subject to hydrolysis) is 1. The van der Waals surface area contributed by atoms with Crippen molar-refractivity contribution in [2.45, 2.75) is 109 Å². The Morgan fingerprint density at radius 3 is 2.31 bits per heavy atom. The van der Waals surface area contributed by atoms with Crippen LogP contribution in [0.5, 0.6) is 0 Å². The third kappa shape index (κ3) is 8.97. The number of piperidine rings is 1. The number of carbonyl (C=O) groups excluding carboxylic acids is 3. The highest BCUT2D eigenvalue weighted by Crippen LogP contribution is 2.26.